The molecule has 0 saturated heterocycles. The second-order valence-electron chi connectivity index (χ2n) is 9.15. The maximum atomic E-state index is 6.00. The summed E-state index contributed by atoms with van der Waals surface area (Å²) in [5.41, 5.74) is 5.90. The van der Waals surface area contributed by atoms with E-state index < -0.39 is 0 Å². The van der Waals surface area contributed by atoms with Gasteiger partial charge >= 0.3 is 0 Å². The highest BCUT2D eigenvalue weighted by atomic mass is 16.3. The number of pyridine rings is 2. The van der Waals surface area contributed by atoms with Gasteiger partial charge in [-0.1, -0.05) is 48.5 Å². The number of fused-ring (bicyclic) bond motifs is 7. The molecule has 5 heteroatoms. The Bertz CT molecular complexity index is 2010. The largest absolute Gasteiger partial charge is 0.438 e. The van der Waals surface area contributed by atoms with Gasteiger partial charge in [0.25, 0.3) is 0 Å². The van der Waals surface area contributed by atoms with Gasteiger partial charge < -0.3 is 13.7 Å². The number of hydrogen-bond acceptors (Lipinski definition) is 5. The lowest BCUT2D eigenvalue weighted by atomic mass is 10.1. The lowest BCUT2D eigenvalue weighted by molar-refractivity contribution is 0.654. The molecule has 5 nitrogen and oxygen atoms in total. The average Bonchev–Trinajstić information content (AvgIpc) is 3.51. The molecule has 4 aromatic carbocycles. The van der Waals surface area contributed by atoms with Crippen LogP contribution in [0.5, 0.6) is 0 Å². The van der Waals surface area contributed by atoms with Crippen molar-refractivity contribution in [2.24, 2.45) is 0 Å². The number of hydrogen-bond donors (Lipinski definition) is 0. The van der Waals surface area contributed by atoms with Gasteiger partial charge in [0, 0.05) is 33.7 Å². The molecule has 174 valence electrons. The Labute approximate surface area is 211 Å². The first-order valence-electron chi connectivity index (χ1n) is 12.2. The predicted molar refractivity (Wildman–Crippen MR) is 149 cm³/mol. The first kappa shape index (κ1) is 20.1. The van der Waals surface area contributed by atoms with E-state index in [2.05, 4.69) is 76.6 Å². The van der Waals surface area contributed by atoms with Gasteiger partial charge in [-0.3, -0.25) is 0 Å². The van der Waals surface area contributed by atoms with Crippen molar-refractivity contribution in [1.29, 1.82) is 0 Å². The lowest BCUT2D eigenvalue weighted by Crippen LogP contribution is -2.10. The molecule has 0 aliphatic carbocycles. The molecule has 0 amide bonds. The number of rotatable bonds is 3. The van der Waals surface area contributed by atoms with Gasteiger partial charge in [0.1, 0.15) is 11.2 Å². The highest BCUT2D eigenvalue weighted by molar-refractivity contribution is 6.07. The highest BCUT2D eigenvalue weighted by Gasteiger charge is 2.18. The van der Waals surface area contributed by atoms with Crippen LogP contribution in [0.1, 0.15) is 0 Å². The van der Waals surface area contributed by atoms with Gasteiger partial charge in [-0.05, 0) is 65.4 Å². The molecule has 0 saturated carbocycles. The number of anilines is 3. The Hall–Kier alpha value is -5.16. The Balaban J connectivity index is 1.40. The van der Waals surface area contributed by atoms with Crippen LogP contribution in [-0.4, -0.2) is 9.97 Å². The zero-order chi connectivity index (χ0) is 24.3. The van der Waals surface area contributed by atoms with E-state index >= 15 is 0 Å². The summed E-state index contributed by atoms with van der Waals surface area (Å²) in [7, 11) is 0. The fourth-order valence-corrected chi connectivity index (χ4v) is 5.22. The van der Waals surface area contributed by atoms with Crippen LogP contribution in [-0.2, 0) is 0 Å². The number of nitrogens with zero attached hydrogens (tertiary/aromatic N) is 3. The second kappa shape index (κ2) is 7.67. The minimum absolute atomic E-state index is 0.630. The molecule has 37 heavy (non-hydrogen) atoms. The van der Waals surface area contributed by atoms with Gasteiger partial charge in [-0.25, -0.2) is 9.97 Å². The van der Waals surface area contributed by atoms with E-state index in [1.54, 1.807) is 6.20 Å². The lowest BCUT2D eigenvalue weighted by Gasteiger charge is -2.25. The normalized spacial score (nSPS) is 11.8. The van der Waals surface area contributed by atoms with Gasteiger partial charge in [0.05, 0.1) is 17.3 Å². The zero-order valence-electron chi connectivity index (χ0n) is 19.6. The fraction of sp³-hybridized carbons (Fsp3) is 0. The summed E-state index contributed by atoms with van der Waals surface area (Å²) < 4.78 is 12.0. The van der Waals surface area contributed by atoms with Crippen molar-refractivity contribution in [3.05, 3.63) is 116 Å². The minimum atomic E-state index is 0.630. The van der Waals surface area contributed by atoms with E-state index in [1.807, 2.05) is 42.6 Å². The van der Waals surface area contributed by atoms with Crippen molar-refractivity contribution < 1.29 is 8.83 Å². The maximum absolute atomic E-state index is 6.00. The van der Waals surface area contributed by atoms with Gasteiger partial charge in [0.15, 0.2) is 0 Å². The van der Waals surface area contributed by atoms with Crippen LogP contribution in [0.15, 0.2) is 124 Å². The molecule has 4 heterocycles. The van der Waals surface area contributed by atoms with Crippen LogP contribution in [0.25, 0.3) is 54.9 Å². The molecule has 0 spiro atoms. The van der Waals surface area contributed by atoms with E-state index in [4.69, 9.17) is 13.8 Å². The van der Waals surface area contributed by atoms with E-state index in [9.17, 15) is 0 Å². The molecular weight excluding hydrogens is 458 g/mol. The summed E-state index contributed by atoms with van der Waals surface area (Å²) in [5, 5.41) is 6.42. The van der Waals surface area contributed by atoms with E-state index in [0.717, 1.165) is 49.8 Å². The van der Waals surface area contributed by atoms with Gasteiger partial charge in [-0.2, -0.15) is 0 Å². The van der Waals surface area contributed by atoms with Crippen molar-refractivity contribution in [1.82, 2.24) is 9.97 Å². The molecule has 0 bridgehead atoms. The van der Waals surface area contributed by atoms with E-state index in [0.29, 0.717) is 11.4 Å². The first-order chi connectivity index (χ1) is 18.3. The monoisotopic (exact) mass is 477 g/mol. The summed E-state index contributed by atoms with van der Waals surface area (Å²) in [6.07, 6.45) is 3.63. The fourth-order valence-electron chi connectivity index (χ4n) is 5.22. The Morgan fingerprint density at radius 2 is 1.19 bits per heavy atom. The SMILES string of the molecule is c1ccc2cc(N(c3ccc4oc5ncccc5c4c3)c3cnc4oc5ccccc5c4c3)ccc2c1. The van der Waals surface area contributed by atoms with Crippen LogP contribution in [0, 0.1) is 0 Å². The number of aromatic nitrogens is 2. The topological polar surface area (TPSA) is 55.3 Å². The third-order valence-corrected chi connectivity index (χ3v) is 6.96. The number of para-hydroxylation sites is 1. The minimum Gasteiger partial charge on any atom is -0.438 e. The van der Waals surface area contributed by atoms with Crippen molar-refractivity contribution in [3.8, 4) is 0 Å². The smallest absolute Gasteiger partial charge is 0.227 e. The molecule has 0 aliphatic heterocycles. The molecule has 0 radical (unpaired) electrons. The van der Waals surface area contributed by atoms with Crippen molar-refractivity contribution in [2.45, 2.75) is 0 Å². The van der Waals surface area contributed by atoms with Crippen LogP contribution in [0.3, 0.4) is 0 Å². The highest BCUT2D eigenvalue weighted by Crippen LogP contribution is 2.40. The summed E-state index contributed by atoms with van der Waals surface area (Å²) >= 11 is 0. The summed E-state index contributed by atoms with van der Waals surface area (Å²) in [4.78, 5) is 11.3. The van der Waals surface area contributed by atoms with Crippen LogP contribution < -0.4 is 4.90 Å². The third-order valence-electron chi connectivity index (χ3n) is 6.96. The van der Waals surface area contributed by atoms with E-state index in [-0.39, 0.29) is 0 Å². The second-order valence-corrected chi connectivity index (χ2v) is 9.15. The summed E-state index contributed by atoms with van der Waals surface area (Å²) in [6.45, 7) is 0. The van der Waals surface area contributed by atoms with Crippen molar-refractivity contribution >= 4 is 72.0 Å². The standard InChI is InChI=1S/C32H19N3O2/c1-2-7-21-16-22(12-11-20(21)6-1)35(23-13-14-30-27(17-23)26-9-5-15-33-31(26)37-30)24-18-28-25-8-3-4-10-29(25)36-32(28)34-19-24/h1-19H. The molecule has 0 atom stereocenters. The molecule has 0 fully saturated rings. The Morgan fingerprint density at radius 1 is 0.486 bits per heavy atom. The quantitative estimate of drug-likeness (QED) is 0.254. The third kappa shape index (κ3) is 3.11. The van der Waals surface area contributed by atoms with Crippen LogP contribution in [0.2, 0.25) is 0 Å². The molecule has 0 unspecified atom stereocenters. The predicted octanol–water partition coefficient (Wildman–Crippen LogP) is 8.90. The molecule has 8 rings (SSSR count). The first-order valence-corrected chi connectivity index (χ1v) is 12.2. The molecule has 4 aromatic heterocycles. The number of benzene rings is 4. The maximum Gasteiger partial charge on any atom is 0.227 e. The molecular formula is C32H19N3O2. The van der Waals surface area contributed by atoms with Gasteiger partial charge in [0.2, 0.25) is 11.4 Å². The van der Waals surface area contributed by atoms with E-state index in [1.165, 1.54) is 10.8 Å². The van der Waals surface area contributed by atoms with Crippen LogP contribution in [0.4, 0.5) is 17.1 Å². The summed E-state index contributed by atoms with van der Waals surface area (Å²) in [6, 6.07) is 35.4. The van der Waals surface area contributed by atoms with Crippen molar-refractivity contribution in [3.63, 3.8) is 0 Å². The van der Waals surface area contributed by atoms with Crippen molar-refractivity contribution in [2.75, 3.05) is 4.90 Å². The average molecular weight is 478 g/mol. The summed E-state index contributed by atoms with van der Waals surface area (Å²) in [5.74, 6) is 0. The molecule has 0 aliphatic rings. The van der Waals surface area contributed by atoms with Gasteiger partial charge in [-0.15, -0.1) is 0 Å². The van der Waals surface area contributed by atoms with Crippen LogP contribution >= 0.6 is 0 Å². The molecule has 8 aromatic rings. The Kier molecular flexibility index (Phi) is 4.16. The Morgan fingerprint density at radius 3 is 2.14 bits per heavy atom. The zero-order valence-corrected chi connectivity index (χ0v) is 19.6. The number of furan rings is 2. The molecule has 0 N–H and O–H groups in total.